The van der Waals surface area contributed by atoms with Crippen LogP contribution < -0.4 is 0 Å². The fourth-order valence-electron chi connectivity index (χ4n) is 7.47. The lowest BCUT2D eigenvalue weighted by molar-refractivity contribution is -0.122. The number of hydrogen-bond acceptors (Lipinski definition) is 6. The number of thioether (sulfide) groups is 2. The summed E-state index contributed by atoms with van der Waals surface area (Å²) in [5.41, 5.74) is 0.111. The Bertz CT molecular complexity index is 818. The highest BCUT2D eigenvalue weighted by Gasteiger charge is 2.66. The average molecular weight is 451 g/mol. The molecule has 8 atom stereocenters. The molecule has 4 rings (SSSR count). The van der Waals surface area contributed by atoms with Crippen LogP contribution in [0, 0.1) is 28.6 Å². The van der Waals surface area contributed by atoms with Gasteiger partial charge in [-0.3, -0.25) is 14.4 Å². The molecule has 0 aromatic heterocycles. The quantitative estimate of drug-likeness (QED) is 0.652. The Morgan fingerprint density at radius 1 is 1.00 bits per heavy atom. The molecule has 0 saturated heterocycles. The first-order chi connectivity index (χ1) is 13.9. The fourth-order valence-corrected chi connectivity index (χ4v) is 9.92. The van der Waals surface area contributed by atoms with E-state index in [9.17, 15) is 19.5 Å². The van der Waals surface area contributed by atoms with Crippen molar-refractivity contribution in [1.82, 2.24) is 0 Å². The van der Waals surface area contributed by atoms with Crippen LogP contribution in [0.25, 0.3) is 0 Å². The minimum Gasteiger partial charge on any atom is -0.390 e. The van der Waals surface area contributed by atoms with Gasteiger partial charge >= 0.3 is 0 Å². The number of aliphatic hydroxyl groups is 1. The third kappa shape index (κ3) is 3.27. The number of carbonyl (C=O) groups is 3. The van der Waals surface area contributed by atoms with Gasteiger partial charge in [-0.05, 0) is 68.3 Å². The van der Waals surface area contributed by atoms with Gasteiger partial charge in [0, 0.05) is 36.2 Å². The Morgan fingerprint density at radius 2 is 1.63 bits per heavy atom. The maximum atomic E-state index is 12.6. The third-order valence-electron chi connectivity index (χ3n) is 9.22. The molecule has 0 aromatic carbocycles. The SMILES string of the molecule is CC(=O)SC1CC2=CC(=O)C[C@H](SC(C)=O)[C@]2(C)C2CC[C@@]3(C)C(CC[C@]3(C)O)C12. The Balaban J connectivity index is 1.81. The van der Waals surface area contributed by atoms with Gasteiger partial charge in [0.2, 0.25) is 0 Å². The van der Waals surface area contributed by atoms with Crippen molar-refractivity contribution in [3.05, 3.63) is 11.6 Å². The van der Waals surface area contributed by atoms with E-state index >= 15 is 0 Å². The monoisotopic (exact) mass is 450 g/mol. The molecule has 166 valence electrons. The van der Waals surface area contributed by atoms with E-state index in [4.69, 9.17) is 0 Å². The van der Waals surface area contributed by atoms with E-state index in [2.05, 4.69) is 13.8 Å². The second-order valence-electron chi connectivity index (χ2n) is 10.6. The summed E-state index contributed by atoms with van der Waals surface area (Å²) in [7, 11) is 0. The van der Waals surface area contributed by atoms with Crippen molar-refractivity contribution >= 4 is 39.5 Å². The minimum atomic E-state index is -0.679. The second kappa shape index (κ2) is 7.48. The first-order valence-electron chi connectivity index (χ1n) is 11.2. The van der Waals surface area contributed by atoms with E-state index in [0.29, 0.717) is 24.2 Å². The largest absolute Gasteiger partial charge is 0.390 e. The highest BCUT2D eigenvalue weighted by molar-refractivity contribution is 8.14. The predicted octanol–water partition coefficient (Wildman–Crippen LogP) is 4.79. The van der Waals surface area contributed by atoms with Gasteiger partial charge in [0.05, 0.1) is 5.60 Å². The molecule has 4 aliphatic rings. The van der Waals surface area contributed by atoms with Crippen molar-refractivity contribution in [1.29, 1.82) is 0 Å². The van der Waals surface area contributed by atoms with Crippen LogP contribution in [0.2, 0.25) is 0 Å². The summed E-state index contributed by atoms with van der Waals surface area (Å²) in [5, 5.41) is 11.5. The summed E-state index contributed by atoms with van der Waals surface area (Å²) in [4.78, 5) is 36.8. The van der Waals surface area contributed by atoms with Gasteiger partial charge < -0.3 is 5.11 Å². The van der Waals surface area contributed by atoms with Crippen LogP contribution in [-0.2, 0) is 14.4 Å². The van der Waals surface area contributed by atoms with Crippen molar-refractivity contribution < 1.29 is 19.5 Å². The molecule has 3 fully saturated rings. The van der Waals surface area contributed by atoms with Gasteiger partial charge in [-0.1, -0.05) is 42.9 Å². The highest BCUT2D eigenvalue weighted by Crippen LogP contribution is 2.69. The van der Waals surface area contributed by atoms with E-state index in [1.165, 1.54) is 23.5 Å². The molecule has 4 aliphatic carbocycles. The average Bonchev–Trinajstić information content (AvgIpc) is 2.86. The lowest BCUT2D eigenvalue weighted by atomic mass is 9.46. The van der Waals surface area contributed by atoms with Crippen LogP contribution in [0.5, 0.6) is 0 Å². The highest BCUT2D eigenvalue weighted by atomic mass is 32.2. The number of allylic oxidation sites excluding steroid dienone is 1. The number of rotatable bonds is 2. The number of fused-ring (bicyclic) bond motifs is 5. The summed E-state index contributed by atoms with van der Waals surface area (Å²) < 4.78 is 0. The lowest BCUT2D eigenvalue weighted by Gasteiger charge is -2.62. The van der Waals surface area contributed by atoms with Gasteiger partial charge in [0.1, 0.15) is 0 Å². The Kier molecular flexibility index (Phi) is 5.64. The molecule has 3 saturated carbocycles. The van der Waals surface area contributed by atoms with Gasteiger partial charge in [0.25, 0.3) is 0 Å². The third-order valence-corrected chi connectivity index (χ3v) is 11.6. The minimum absolute atomic E-state index is 0.0375. The lowest BCUT2D eigenvalue weighted by Crippen LogP contribution is -2.59. The Labute approximate surface area is 188 Å². The zero-order valence-electron chi connectivity index (χ0n) is 18.7. The normalized spacial score (nSPS) is 47.7. The Morgan fingerprint density at radius 3 is 2.27 bits per heavy atom. The molecule has 0 heterocycles. The second-order valence-corrected chi connectivity index (χ2v) is 13.4. The molecule has 0 spiro atoms. The maximum absolute atomic E-state index is 12.6. The fraction of sp³-hybridized carbons (Fsp3) is 0.792. The summed E-state index contributed by atoms with van der Waals surface area (Å²) in [5.74, 6) is 1.11. The summed E-state index contributed by atoms with van der Waals surface area (Å²) in [6.07, 6.45) is 6.70. The van der Waals surface area contributed by atoms with E-state index in [0.717, 1.165) is 37.7 Å². The van der Waals surface area contributed by atoms with E-state index < -0.39 is 5.60 Å². The molecule has 4 nitrogen and oxygen atoms in total. The molecule has 1 N–H and O–H groups in total. The van der Waals surface area contributed by atoms with E-state index in [1.54, 1.807) is 13.8 Å². The van der Waals surface area contributed by atoms with Gasteiger partial charge in [-0.25, -0.2) is 0 Å². The summed E-state index contributed by atoms with van der Waals surface area (Å²) in [6.45, 7) is 9.74. The zero-order valence-corrected chi connectivity index (χ0v) is 20.3. The van der Waals surface area contributed by atoms with Crippen LogP contribution in [0.3, 0.4) is 0 Å². The molecule has 6 heteroatoms. The zero-order chi connectivity index (χ0) is 22.1. The topological polar surface area (TPSA) is 71.4 Å². The number of ketones is 1. The smallest absolute Gasteiger partial charge is 0.186 e. The van der Waals surface area contributed by atoms with Crippen LogP contribution in [-0.4, -0.2) is 37.2 Å². The predicted molar refractivity (Wildman–Crippen MR) is 122 cm³/mol. The van der Waals surface area contributed by atoms with Crippen LogP contribution >= 0.6 is 23.5 Å². The molecular weight excluding hydrogens is 416 g/mol. The van der Waals surface area contributed by atoms with Crippen molar-refractivity contribution in [3.8, 4) is 0 Å². The molecule has 0 aliphatic heterocycles. The van der Waals surface area contributed by atoms with Crippen molar-refractivity contribution in [3.63, 3.8) is 0 Å². The first kappa shape index (κ1) is 22.6. The molecule has 0 aromatic rings. The maximum Gasteiger partial charge on any atom is 0.186 e. The van der Waals surface area contributed by atoms with Crippen molar-refractivity contribution in [2.75, 3.05) is 0 Å². The van der Waals surface area contributed by atoms with Gasteiger partial charge in [-0.15, -0.1) is 0 Å². The molecule has 0 amide bonds. The van der Waals surface area contributed by atoms with E-state index in [-0.39, 0.29) is 37.3 Å². The number of carbonyl (C=O) groups excluding carboxylic acids is 3. The molecule has 4 unspecified atom stereocenters. The number of hydrogen-bond donors (Lipinski definition) is 1. The van der Waals surface area contributed by atoms with Crippen LogP contribution in [0.1, 0.15) is 73.1 Å². The van der Waals surface area contributed by atoms with Gasteiger partial charge in [-0.2, -0.15) is 0 Å². The van der Waals surface area contributed by atoms with E-state index in [1.807, 2.05) is 13.0 Å². The summed E-state index contributed by atoms with van der Waals surface area (Å²) in [6, 6.07) is 0. The standard InChI is InChI=1S/C24H34O4S2/c1-13(25)29-19-11-15-10-16(27)12-20(30-14(2)26)24(15,5)18-6-8-22(3)17(21(18)19)7-9-23(22,4)28/h10,17-21,28H,6-9,11-12H2,1-5H3/t17?,18?,19?,20-,21?,22-,23-,24-/m0/s1. The van der Waals surface area contributed by atoms with Gasteiger partial charge in [0.15, 0.2) is 16.0 Å². The van der Waals surface area contributed by atoms with Crippen molar-refractivity contribution in [2.24, 2.45) is 28.6 Å². The first-order valence-corrected chi connectivity index (χ1v) is 13.0. The van der Waals surface area contributed by atoms with Crippen LogP contribution in [0.4, 0.5) is 0 Å². The van der Waals surface area contributed by atoms with Crippen molar-refractivity contribution in [2.45, 2.75) is 89.2 Å². The molecule has 0 bridgehead atoms. The van der Waals surface area contributed by atoms with Crippen LogP contribution in [0.15, 0.2) is 11.6 Å². The molecular formula is C24H34O4S2. The Hall–Kier alpha value is -0.590. The molecule has 30 heavy (non-hydrogen) atoms. The summed E-state index contributed by atoms with van der Waals surface area (Å²) >= 11 is 2.77. The molecule has 0 radical (unpaired) electrons.